The van der Waals surface area contributed by atoms with Crippen LogP contribution in [0.25, 0.3) is 17.2 Å². The molecule has 13 heteroatoms. The van der Waals surface area contributed by atoms with Crippen molar-refractivity contribution in [2.24, 2.45) is 0 Å². The molecular formula is C27H31N7O5S. The summed E-state index contributed by atoms with van der Waals surface area (Å²) in [5, 5.41) is 7.37. The van der Waals surface area contributed by atoms with E-state index in [2.05, 4.69) is 36.5 Å². The molecule has 0 saturated heterocycles. The van der Waals surface area contributed by atoms with E-state index in [-0.39, 0.29) is 24.2 Å². The molecule has 40 heavy (non-hydrogen) atoms. The van der Waals surface area contributed by atoms with Crippen molar-refractivity contribution in [2.75, 3.05) is 25.5 Å². The molecule has 1 N–H and O–H groups in total. The van der Waals surface area contributed by atoms with Gasteiger partial charge < -0.3 is 14.2 Å². The van der Waals surface area contributed by atoms with E-state index in [1.54, 1.807) is 36.8 Å². The Balaban J connectivity index is 1.84. The fourth-order valence-corrected chi connectivity index (χ4v) is 5.06. The highest BCUT2D eigenvalue weighted by Crippen LogP contribution is 2.38. The Labute approximate surface area is 233 Å². The summed E-state index contributed by atoms with van der Waals surface area (Å²) in [5.74, 6) is 1.21. The molecule has 0 saturated carbocycles. The predicted octanol–water partition coefficient (Wildman–Crippen LogP) is 3.83. The molecule has 4 aromatic rings. The number of para-hydroxylation sites is 1. The molecule has 4 rings (SSSR count). The first-order valence-electron chi connectivity index (χ1n) is 12.3. The summed E-state index contributed by atoms with van der Waals surface area (Å²) >= 11 is 0. The first-order chi connectivity index (χ1) is 19.2. The van der Waals surface area contributed by atoms with Crippen LogP contribution in [0.1, 0.15) is 30.0 Å². The summed E-state index contributed by atoms with van der Waals surface area (Å²) in [4.78, 5) is 13.0. The minimum absolute atomic E-state index is 0.0968. The van der Waals surface area contributed by atoms with E-state index in [4.69, 9.17) is 14.2 Å². The van der Waals surface area contributed by atoms with Crippen LogP contribution in [0.3, 0.4) is 0 Å². The van der Waals surface area contributed by atoms with Gasteiger partial charge in [0, 0.05) is 18.6 Å². The average molecular weight is 566 g/mol. The van der Waals surface area contributed by atoms with Crippen LogP contribution >= 0.6 is 0 Å². The summed E-state index contributed by atoms with van der Waals surface area (Å²) in [6.45, 7) is 9.02. The highest BCUT2D eigenvalue weighted by Gasteiger charge is 2.35. The van der Waals surface area contributed by atoms with Crippen LogP contribution in [0, 0.1) is 13.8 Å². The summed E-state index contributed by atoms with van der Waals surface area (Å²) in [5.41, 5.74) is 2.63. The Kier molecular flexibility index (Phi) is 8.75. The van der Waals surface area contributed by atoms with Gasteiger partial charge in [-0.15, -0.1) is 16.8 Å². The van der Waals surface area contributed by atoms with E-state index in [1.165, 1.54) is 31.8 Å². The van der Waals surface area contributed by atoms with Gasteiger partial charge in [-0.25, -0.2) is 18.4 Å². The van der Waals surface area contributed by atoms with Gasteiger partial charge in [0.05, 0.1) is 20.8 Å². The zero-order chi connectivity index (χ0) is 28.9. The average Bonchev–Trinajstić information content (AvgIpc) is 3.35. The fourth-order valence-electron chi connectivity index (χ4n) is 3.96. The lowest BCUT2D eigenvalue weighted by molar-refractivity contribution is 0.0670. The van der Waals surface area contributed by atoms with Crippen molar-refractivity contribution in [3.05, 3.63) is 78.5 Å². The largest absolute Gasteiger partial charge is 0.494 e. The summed E-state index contributed by atoms with van der Waals surface area (Å²) < 4.78 is 48.7. The molecule has 3 heterocycles. The van der Waals surface area contributed by atoms with Gasteiger partial charge in [-0.05, 0) is 56.2 Å². The van der Waals surface area contributed by atoms with Crippen molar-refractivity contribution in [3.8, 4) is 28.7 Å². The maximum absolute atomic E-state index is 13.8. The van der Waals surface area contributed by atoms with Gasteiger partial charge in [0.2, 0.25) is 16.0 Å². The topological polar surface area (TPSA) is 143 Å². The molecule has 210 valence electrons. The fraction of sp³-hybridized carbons (Fsp3) is 0.296. The molecule has 1 aromatic carbocycles. The smallest absolute Gasteiger partial charge is 0.243 e. The Bertz CT molecular complexity index is 1570. The molecule has 2 atom stereocenters. The second-order valence-electron chi connectivity index (χ2n) is 8.93. The highest BCUT2D eigenvalue weighted by molar-refractivity contribution is 7.93. The number of ether oxygens (including phenoxy) is 3. The monoisotopic (exact) mass is 565 g/mol. The van der Waals surface area contributed by atoms with Crippen LogP contribution in [0.4, 0.5) is 5.95 Å². The Morgan fingerprint density at radius 2 is 1.70 bits per heavy atom. The number of methoxy groups -OCH3 is 2. The molecule has 12 nitrogen and oxygen atoms in total. The summed E-state index contributed by atoms with van der Waals surface area (Å²) in [6.07, 6.45) is 5.37. The minimum Gasteiger partial charge on any atom is -0.494 e. The molecule has 0 aliphatic rings. The van der Waals surface area contributed by atoms with Gasteiger partial charge in [0.15, 0.2) is 11.6 Å². The van der Waals surface area contributed by atoms with Crippen molar-refractivity contribution >= 4 is 16.0 Å². The third-order valence-corrected chi connectivity index (χ3v) is 7.72. The van der Waals surface area contributed by atoms with Gasteiger partial charge in [0.25, 0.3) is 0 Å². The van der Waals surface area contributed by atoms with Gasteiger partial charge in [0.1, 0.15) is 34.2 Å². The van der Waals surface area contributed by atoms with Crippen molar-refractivity contribution < 1.29 is 22.6 Å². The molecule has 0 unspecified atom stereocenters. The van der Waals surface area contributed by atoms with E-state index in [0.717, 1.165) is 11.1 Å². The standard InChI is InChI=1S/C27H31N7O5S/c1-7-13-39-24(25-29-15-18(3)16-30-25)19(4)40(35,36)33-27-32-31-26(20-14-17(2)11-12-28-20)34(27)23-21(37-5)9-8-10-22(23)38-6/h7-12,14-16,19,24H,1,13H2,2-6H3,(H,32,33)/t19-,24-/m1/s1. The van der Waals surface area contributed by atoms with Gasteiger partial charge in [-0.2, -0.15) is 0 Å². The van der Waals surface area contributed by atoms with E-state index in [1.807, 2.05) is 26.0 Å². The summed E-state index contributed by atoms with van der Waals surface area (Å²) in [6, 6.07) is 8.86. The van der Waals surface area contributed by atoms with E-state index in [9.17, 15) is 8.42 Å². The number of aryl methyl sites for hydroxylation is 2. The number of benzene rings is 1. The number of anilines is 1. The number of hydrogen-bond acceptors (Lipinski definition) is 10. The SMILES string of the molecule is C=CCO[C@@H](c1ncc(C)cn1)[C@@H](C)S(=O)(=O)Nc1nnc(-c2cc(C)ccn2)n1-c1c(OC)cccc1OC. The number of rotatable bonds is 12. The van der Waals surface area contributed by atoms with E-state index < -0.39 is 21.4 Å². The zero-order valence-electron chi connectivity index (χ0n) is 22.9. The van der Waals surface area contributed by atoms with Crippen molar-refractivity contribution in [1.82, 2.24) is 29.7 Å². The number of hydrogen-bond donors (Lipinski definition) is 1. The molecule has 0 aliphatic heterocycles. The first kappa shape index (κ1) is 28.6. The van der Waals surface area contributed by atoms with Crippen molar-refractivity contribution in [2.45, 2.75) is 32.1 Å². The van der Waals surface area contributed by atoms with Crippen LogP contribution in [-0.2, 0) is 14.8 Å². The Hall–Kier alpha value is -4.36. The van der Waals surface area contributed by atoms with Crippen LogP contribution in [0.2, 0.25) is 0 Å². The molecule has 0 bridgehead atoms. The van der Waals surface area contributed by atoms with E-state index >= 15 is 0 Å². The van der Waals surface area contributed by atoms with Crippen molar-refractivity contribution in [1.29, 1.82) is 0 Å². The molecule has 0 radical (unpaired) electrons. The number of nitrogens with one attached hydrogen (secondary N) is 1. The van der Waals surface area contributed by atoms with Crippen LogP contribution < -0.4 is 14.2 Å². The zero-order valence-corrected chi connectivity index (χ0v) is 23.7. The second-order valence-corrected chi connectivity index (χ2v) is 11.0. The minimum atomic E-state index is -4.16. The number of aromatic nitrogens is 6. The normalized spacial score (nSPS) is 12.9. The molecule has 0 amide bonds. The lowest BCUT2D eigenvalue weighted by Gasteiger charge is -2.23. The lowest BCUT2D eigenvalue weighted by Crippen LogP contribution is -2.34. The molecule has 3 aromatic heterocycles. The Morgan fingerprint density at radius 1 is 1.02 bits per heavy atom. The maximum atomic E-state index is 13.8. The number of pyridine rings is 1. The quantitative estimate of drug-likeness (QED) is 0.252. The van der Waals surface area contributed by atoms with Gasteiger partial charge in [-0.3, -0.25) is 14.3 Å². The third-order valence-electron chi connectivity index (χ3n) is 6.03. The van der Waals surface area contributed by atoms with E-state index in [0.29, 0.717) is 22.9 Å². The number of sulfonamides is 1. The molecule has 0 fully saturated rings. The van der Waals surface area contributed by atoms with Gasteiger partial charge in [-0.1, -0.05) is 12.1 Å². The molecular weight excluding hydrogens is 534 g/mol. The van der Waals surface area contributed by atoms with Crippen LogP contribution in [0.5, 0.6) is 11.5 Å². The maximum Gasteiger partial charge on any atom is 0.243 e. The van der Waals surface area contributed by atoms with Gasteiger partial charge >= 0.3 is 0 Å². The second kappa shape index (κ2) is 12.2. The predicted molar refractivity (Wildman–Crippen MR) is 150 cm³/mol. The first-order valence-corrected chi connectivity index (χ1v) is 13.9. The third kappa shape index (κ3) is 5.95. The van der Waals surface area contributed by atoms with Crippen molar-refractivity contribution in [3.63, 3.8) is 0 Å². The highest BCUT2D eigenvalue weighted by atomic mass is 32.2. The summed E-state index contributed by atoms with van der Waals surface area (Å²) in [7, 11) is -1.16. The van der Waals surface area contributed by atoms with Crippen LogP contribution in [-0.4, -0.2) is 64.2 Å². The number of nitrogens with zero attached hydrogens (tertiary/aromatic N) is 6. The Morgan fingerprint density at radius 3 is 2.30 bits per heavy atom. The lowest BCUT2D eigenvalue weighted by atomic mass is 10.2. The van der Waals surface area contributed by atoms with Crippen LogP contribution in [0.15, 0.2) is 61.6 Å². The molecule has 0 spiro atoms. The molecule has 0 aliphatic carbocycles.